The van der Waals surface area contributed by atoms with Gasteiger partial charge in [0.25, 0.3) is 5.91 Å². The van der Waals surface area contributed by atoms with E-state index in [9.17, 15) is 18.0 Å². The number of hydrogen-bond acceptors (Lipinski definition) is 4. The molecule has 28 heavy (non-hydrogen) atoms. The molecule has 1 fully saturated rings. The quantitative estimate of drug-likeness (QED) is 0.719. The van der Waals surface area contributed by atoms with Crippen LogP contribution < -0.4 is 5.32 Å². The summed E-state index contributed by atoms with van der Waals surface area (Å²) in [5.74, 6) is -0.290. The van der Waals surface area contributed by atoms with Gasteiger partial charge in [0.2, 0.25) is 10.0 Å². The van der Waals surface area contributed by atoms with E-state index in [2.05, 4.69) is 5.32 Å². The highest BCUT2D eigenvalue weighted by Gasteiger charge is 2.37. The van der Waals surface area contributed by atoms with Gasteiger partial charge in [-0.05, 0) is 36.1 Å². The third-order valence-electron chi connectivity index (χ3n) is 4.69. The molecule has 148 valence electrons. The third-order valence-corrected chi connectivity index (χ3v) is 6.50. The highest BCUT2D eigenvalue weighted by molar-refractivity contribution is 7.89. The van der Waals surface area contributed by atoms with Crippen LogP contribution in [0.3, 0.4) is 0 Å². The van der Waals surface area contributed by atoms with Gasteiger partial charge in [-0.15, -0.1) is 0 Å². The lowest BCUT2D eigenvalue weighted by Gasteiger charge is -2.15. The second kappa shape index (κ2) is 8.12. The fourth-order valence-electron chi connectivity index (χ4n) is 3.08. The fourth-order valence-corrected chi connectivity index (χ4v) is 4.05. The van der Waals surface area contributed by atoms with Crippen molar-refractivity contribution >= 4 is 22.0 Å². The molecule has 0 saturated carbocycles. The molecule has 0 radical (unpaired) electrons. The topological polar surface area (TPSA) is 86.8 Å². The summed E-state index contributed by atoms with van der Waals surface area (Å²) in [5.41, 5.74) is 1.68. The van der Waals surface area contributed by atoms with E-state index in [1.54, 1.807) is 12.1 Å². The molecule has 0 bridgehead atoms. The lowest BCUT2D eigenvalue weighted by atomic mass is 10.1. The van der Waals surface area contributed by atoms with Crippen LogP contribution in [-0.2, 0) is 27.8 Å². The first-order valence-corrected chi connectivity index (χ1v) is 10.4. The van der Waals surface area contributed by atoms with Crippen LogP contribution in [0.4, 0.5) is 4.79 Å². The van der Waals surface area contributed by atoms with Crippen LogP contribution in [0.1, 0.15) is 17.5 Å². The first kappa shape index (κ1) is 20.0. The molecule has 1 N–H and O–H groups in total. The van der Waals surface area contributed by atoms with Gasteiger partial charge in [0.1, 0.15) is 6.04 Å². The maximum atomic E-state index is 12.6. The molecule has 1 aliphatic rings. The summed E-state index contributed by atoms with van der Waals surface area (Å²) in [5, 5.41) is 2.72. The summed E-state index contributed by atoms with van der Waals surface area (Å²) < 4.78 is 25.7. The Bertz CT molecular complexity index is 974. The summed E-state index contributed by atoms with van der Waals surface area (Å²) >= 11 is 0. The van der Waals surface area contributed by atoms with Gasteiger partial charge in [-0.3, -0.25) is 9.69 Å². The molecule has 0 unspecified atom stereocenters. The zero-order valence-corrected chi connectivity index (χ0v) is 16.6. The van der Waals surface area contributed by atoms with Crippen LogP contribution in [-0.4, -0.2) is 49.7 Å². The smallest absolute Gasteiger partial charge is 0.325 e. The van der Waals surface area contributed by atoms with E-state index in [0.717, 1.165) is 14.8 Å². The number of imide groups is 1. The number of sulfonamides is 1. The molecule has 0 spiro atoms. The largest absolute Gasteiger partial charge is 0.326 e. The van der Waals surface area contributed by atoms with Crippen molar-refractivity contribution in [2.24, 2.45) is 0 Å². The molecule has 7 nitrogen and oxygen atoms in total. The van der Waals surface area contributed by atoms with E-state index < -0.39 is 22.1 Å². The molecule has 3 amide bonds. The number of urea groups is 1. The van der Waals surface area contributed by atoms with Gasteiger partial charge in [-0.1, -0.05) is 42.5 Å². The Hall–Kier alpha value is -2.71. The number of benzene rings is 2. The average molecular weight is 401 g/mol. The Morgan fingerprint density at radius 3 is 2.36 bits per heavy atom. The van der Waals surface area contributed by atoms with Crippen molar-refractivity contribution < 1.29 is 18.0 Å². The Morgan fingerprint density at radius 1 is 1.00 bits per heavy atom. The van der Waals surface area contributed by atoms with Crippen LogP contribution in [0.25, 0.3) is 0 Å². The molecule has 1 saturated heterocycles. The summed E-state index contributed by atoms with van der Waals surface area (Å²) in [6.45, 7) is 0.0310. The van der Waals surface area contributed by atoms with E-state index in [0.29, 0.717) is 18.4 Å². The highest BCUT2D eigenvalue weighted by Crippen LogP contribution is 2.19. The van der Waals surface area contributed by atoms with Crippen LogP contribution in [0.2, 0.25) is 0 Å². The van der Waals surface area contributed by atoms with E-state index in [-0.39, 0.29) is 17.3 Å². The lowest BCUT2D eigenvalue weighted by Crippen LogP contribution is -2.31. The molecular weight excluding hydrogens is 378 g/mol. The SMILES string of the molecule is CN(C)S(=O)(=O)c1cccc(CN2C(=O)N[C@@H](CCc3ccccc3)C2=O)c1. The first-order valence-electron chi connectivity index (χ1n) is 8.96. The Kier molecular flexibility index (Phi) is 5.81. The molecule has 2 aromatic carbocycles. The lowest BCUT2D eigenvalue weighted by molar-refractivity contribution is -0.128. The number of nitrogens with one attached hydrogen (secondary N) is 1. The number of hydrogen-bond donors (Lipinski definition) is 1. The average Bonchev–Trinajstić information content (AvgIpc) is 2.95. The summed E-state index contributed by atoms with van der Waals surface area (Å²) in [6.07, 6.45) is 1.20. The van der Waals surface area contributed by atoms with Crippen molar-refractivity contribution in [3.63, 3.8) is 0 Å². The Labute approximate surface area is 165 Å². The molecule has 1 atom stereocenters. The second-order valence-corrected chi connectivity index (χ2v) is 9.04. The molecule has 1 aliphatic heterocycles. The first-order chi connectivity index (χ1) is 13.3. The van der Waals surface area contributed by atoms with Crippen molar-refractivity contribution in [3.05, 3.63) is 65.7 Å². The van der Waals surface area contributed by atoms with Gasteiger partial charge >= 0.3 is 6.03 Å². The molecule has 1 heterocycles. The van der Waals surface area contributed by atoms with Gasteiger partial charge in [0.05, 0.1) is 11.4 Å². The summed E-state index contributed by atoms with van der Waals surface area (Å²) in [4.78, 5) is 26.2. The summed E-state index contributed by atoms with van der Waals surface area (Å²) in [6, 6.07) is 15.0. The predicted octanol–water partition coefficient (Wildman–Crippen LogP) is 1.99. The minimum atomic E-state index is -3.58. The second-order valence-electron chi connectivity index (χ2n) is 6.89. The fraction of sp³-hybridized carbons (Fsp3) is 0.300. The zero-order valence-electron chi connectivity index (χ0n) is 15.8. The van der Waals surface area contributed by atoms with Gasteiger partial charge in [-0.25, -0.2) is 17.5 Å². The predicted molar refractivity (Wildman–Crippen MR) is 105 cm³/mol. The van der Waals surface area contributed by atoms with Crippen molar-refractivity contribution in [1.82, 2.24) is 14.5 Å². The minimum absolute atomic E-state index is 0.0310. The van der Waals surface area contributed by atoms with Crippen molar-refractivity contribution in [3.8, 4) is 0 Å². The van der Waals surface area contributed by atoms with Gasteiger partial charge in [0.15, 0.2) is 0 Å². The number of rotatable bonds is 7. The molecule has 0 aliphatic carbocycles. The van der Waals surface area contributed by atoms with Crippen LogP contribution in [0.15, 0.2) is 59.5 Å². The van der Waals surface area contributed by atoms with Gasteiger partial charge in [0, 0.05) is 14.1 Å². The number of aryl methyl sites for hydroxylation is 1. The number of carbonyl (C=O) groups excluding carboxylic acids is 2. The molecular formula is C20H23N3O4S. The van der Waals surface area contributed by atoms with Crippen LogP contribution >= 0.6 is 0 Å². The normalized spacial score (nSPS) is 17.2. The highest BCUT2D eigenvalue weighted by atomic mass is 32.2. The monoisotopic (exact) mass is 401 g/mol. The minimum Gasteiger partial charge on any atom is -0.326 e. The van der Waals surface area contributed by atoms with Crippen molar-refractivity contribution in [2.45, 2.75) is 30.3 Å². The van der Waals surface area contributed by atoms with Gasteiger partial charge in [-0.2, -0.15) is 0 Å². The van der Waals surface area contributed by atoms with Crippen molar-refractivity contribution in [1.29, 1.82) is 0 Å². The third kappa shape index (κ3) is 4.23. The standard InChI is InChI=1S/C20H23N3O4S/c1-22(2)28(26,27)17-10-6-9-16(13-17)14-23-19(24)18(21-20(23)25)12-11-15-7-4-3-5-8-15/h3-10,13,18H,11-12,14H2,1-2H3,(H,21,25)/t18-/m0/s1. The van der Waals surface area contributed by atoms with E-state index in [1.165, 1.54) is 26.2 Å². The zero-order chi connectivity index (χ0) is 20.3. The molecule has 0 aromatic heterocycles. The van der Waals surface area contributed by atoms with E-state index in [1.807, 2.05) is 30.3 Å². The number of amides is 3. The van der Waals surface area contributed by atoms with Crippen LogP contribution in [0.5, 0.6) is 0 Å². The maximum absolute atomic E-state index is 12.6. The van der Waals surface area contributed by atoms with E-state index in [4.69, 9.17) is 0 Å². The van der Waals surface area contributed by atoms with Crippen molar-refractivity contribution in [2.75, 3.05) is 14.1 Å². The van der Waals surface area contributed by atoms with E-state index >= 15 is 0 Å². The summed E-state index contributed by atoms with van der Waals surface area (Å²) in [7, 11) is -0.670. The maximum Gasteiger partial charge on any atom is 0.325 e. The Balaban J connectivity index is 1.69. The molecule has 8 heteroatoms. The number of carbonyl (C=O) groups is 2. The van der Waals surface area contributed by atoms with Gasteiger partial charge < -0.3 is 5.32 Å². The number of nitrogens with zero attached hydrogens (tertiary/aromatic N) is 2. The Morgan fingerprint density at radius 2 is 1.68 bits per heavy atom. The van der Waals surface area contributed by atoms with Crippen LogP contribution in [0, 0.1) is 0 Å². The molecule has 2 aromatic rings. The molecule has 3 rings (SSSR count).